The van der Waals surface area contributed by atoms with E-state index in [4.69, 9.17) is 4.74 Å². The summed E-state index contributed by atoms with van der Waals surface area (Å²) in [5, 5.41) is 3.71. The Morgan fingerprint density at radius 3 is 2.86 bits per heavy atom. The molecule has 0 aromatic heterocycles. The van der Waals surface area contributed by atoms with Crippen molar-refractivity contribution in [3.8, 4) is 5.75 Å². The average molecular weight is 288 g/mol. The van der Waals surface area contributed by atoms with E-state index in [0.717, 1.165) is 24.3 Å². The Kier molecular flexibility index (Phi) is 4.51. The van der Waals surface area contributed by atoms with Crippen molar-refractivity contribution in [3.05, 3.63) is 29.3 Å². The van der Waals surface area contributed by atoms with Crippen molar-refractivity contribution in [2.75, 3.05) is 26.7 Å². The molecule has 0 amide bonds. The monoisotopic (exact) mass is 288 g/mol. The smallest absolute Gasteiger partial charge is 0.123 e. The van der Waals surface area contributed by atoms with Crippen LogP contribution in [0.15, 0.2) is 18.2 Å². The summed E-state index contributed by atoms with van der Waals surface area (Å²) in [4.78, 5) is 2.68. The van der Waals surface area contributed by atoms with Gasteiger partial charge >= 0.3 is 0 Å². The van der Waals surface area contributed by atoms with E-state index in [1.165, 1.54) is 43.5 Å². The summed E-state index contributed by atoms with van der Waals surface area (Å²) in [5.74, 6) is 1.81. The van der Waals surface area contributed by atoms with E-state index in [9.17, 15) is 0 Å². The molecule has 21 heavy (non-hydrogen) atoms. The molecule has 0 spiro atoms. The van der Waals surface area contributed by atoms with Gasteiger partial charge in [-0.3, -0.25) is 0 Å². The molecule has 0 bridgehead atoms. The van der Waals surface area contributed by atoms with E-state index in [1.54, 1.807) is 7.11 Å². The number of methoxy groups -OCH3 is 1. The predicted octanol–water partition coefficient (Wildman–Crippen LogP) is 3.14. The molecule has 2 aliphatic rings. The van der Waals surface area contributed by atoms with Crippen LogP contribution in [0.25, 0.3) is 0 Å². The lowest BCUT2D eigenvalue weighted by atomic mass is 10.0. The Bertz CT molecular complexity index is 484. The van der Waals surface area contributed by atoms with Gasteiger partial charge in [-0.15, -0.1) is 0 Å². The Hall–Kier alpha value is -1.06. The Balaban J connectivity index is 1.53. The van der Waals surface area contributed by atoms with Crippen LogP contribution in [0.3, 0.4) is 0 Å². The molecule has 0 radical (unpaired) electrons. The first-order valence-corrected chi connectivity index (χ1v) is 8.29. The van der Waals surface area contributed by atoms with Gasteiger partial charge in [0.25, 0.3) is 0 Å². The highest BCUT2D eigenvalue weighted by atomic mass is 16.5. The molecular weight excluding hydrogens is 260 g/mol. The van der Waals surface area contributed by atoms with Crippen molar-refractivity contribution in [2.45, 2.75) is 45.2 Å². The normalized spacial score (nSPS) is 24.2. The molecule has 2 fully saturated rings. The first-order valence-electron chi connectivity index (χ1n) is 8.29. The van der Waals surface area contributed by atoms with E-state index >= 15 is 0 Å². The van der Waals surface area contributed by atoms with Gasteiger partial charge in [0.05, 0.1) is 7.11 Å². The van der Waals surface area contributed by atoms with Crippen LogP contribution in [0, 0.1) is 12.8 Å². The predicted molar refractivity (Wildman–Crippen MR) is 86.9 cm³/mol. The van der Waals surface area contributed by atoms with E-state index in [-0.39, 0.29) is 0 Å². The highest BCUT2D eigenvalue weighted by molar-refractivity contribution is 5.39. The minimum absolute atomic E-state index is 0.343. The molecular formula is C18H28N2O. The van der Waals surface area contributed by atoms with Gasteiger partial charge in [-0.2, -0.15) is 0 Å². The van der Waals surface area contributed by atoms with Crippen LogP contribution in [0.1, 0.15) is 43.4 Å². The molecule has 1 heterocycles. The number of hydrogen-bond acceptors (Lipinski definition) is 3. The number of benzene rings is 1. The van der Waals surface area contributed by atoms with Gasteiger partial charge in [0.1, 0.15) is 5.75 Å². The van der Waals surface area contributed by atoms with Crippen molar-refractivity contribution in [3.63, 3.8) is 0 Å². The molecule has 1 N–H and O–H groups in total. The van der Waals surface area contributed by atoms with Crippen LogP contribution in [0.2, 0.25) is 0 Å². The number of rotatable bonds is 6. The molecule has 1 saturated heterocycles. The molecule has 1 saturated carbocycles. The van der Waals surface area contributed by atoms with Crippen molar-refractivity contribution in [2.24, 2.45) is 5.92 Å². The third-order valence-electron chi connectivity index (χ3n) is 4.95. The topological polar surface area (TPSA) is 24.5 Å². The molecule has 3 heteroatoms. The second-order valence-corrected chi connectivity index (χ2v) is 6.76. The Morgan fingerprint density at radius 2 is 2.14 bits per heavy atom. The molecule has 2 atom stereocenters. The summed E-state index contributed by atoms with van der Waals surface area (Å²) in [6.07, 6.45) is 4.20. The van der Waals surface area contributed by atoms with Gasteiger partial charge in [0, 0.05) is 24.2 Å². The average Bonchev–Trinajstić information content (AvgIpc) is 3.23. The van der Waals surface area contributed by atoms with Gasteiger partial charge in [0.2, 0.25) is 0 Å². The second-order valence-electron chi connectivity index (χ2n) is 6.76. The summed E-state index contributed by atoms with van der Waals surface area (Å²) in [6, 6.07) is 7.75. The van der Waals surface area contributed by atoms with Crippen LogP contribution in [-0.2, 0) is 0 Å². The van der Waals surface area contributed by atoms with Crippen LogP contribution in [0.5, 0.6) is 5.75 Å². The van der Waals surface area contributed by atoms with Crippen molar-refractivity contribution < 1.29 is 4.74 Å². The number of likely N-dealkylation sites (tertiary alicyclic amines) is 1. The second kappa shape index (κ2) is 6.37. The fourth-order valence-electron chi connectivity index (χ4n) is 3.43. The van der Waals surface area contributed by atoms with Crippen molar-refractivity contribution in [1.29, 1.82) is 0 Å². The van der Waals surface area contributed by atoms with E-state index in [1.807, 2.05) is 0 Å². The fourth-order valence-corrected chi connectivity index (χ4v) is 3.43. The largest absolute Gasteiger partial charge is 0.496 e. The minimum Gasteiger partial charge on any atom is -0.496 e. The van der Waals surface area contributed by atoms with Gasteiger partial charge < -0.3 is 15.0 Å². The van der Waals surface area contributed by atoms with Crippen molar-refractivity contribution >= 4 is 0 Å². The van der Waals surface area contributed by atoms with E-state index < -0.39 is 0 Å². The van der Waals surface area contributed by atoms with Crippen LogP contribution >= 0.6 is 0 Å². The molecule has 3 rings (SSSR count). The van der Waals surface area contributed by atoms with Crippen LogP contribution in [-0.4, -0.2) is 37.7 Å². The summed E-state index contributed by atoms with van der Waals surface area (Å²) < 4.78 is 5.53. The first kappa shape index (κ1) is 14.9. The fraction of sp³-hybridized carbons (Fsp3) is 0.667. The summed E-state index contributed by atoms with van der Waals surface area (Å²) >= 11 is 0. The maximum atomic E-state index is 5.53. The minimum atomic E-state index is 0.343. The van der Waals surface area contributed by atoms with E-state index in [0.29, 0.717) is 6.04 Å². The van der Waals surface area contributed by atoms with Gasteiger partial charge in [-0.05, 0) is 63.7 Å². The number of ether oxygens (including phenoxy) is 1. The van der Waals surface area contributed by atoms with Gasteiger partial charge in [-0.25, -0.2) is 0 Å². The molecule has 3 nitrogen and oxygen atoms in total. The van der Waals surface area contributed by atoms with E-state index in [2.05, 4.69) is 42.3 Å². The third-order valence-corrected chi connectivity index (χ3v) is 4.95. The summed E-state index contributed by atoms with van der Waals surface area (Å²) in [6.45, 7) is 8.05. The quantitative estimate of drug-likeness (QED) is 0.870. The molecule has 2 unspecified atom stereocenters. The first-order chi connectivity index (χ1) is 10.2. The van der Waals surface area contributed by atoms with Gasteiger partial charge in [-0.1, -0.05) is 12.1 Å². The number of nitrogens with one attached hydrogen (secondary N) is 1. The lowest BCUT2D eigenvalue weighted by Gasteiger charge is -2.20. The number of hydrogen-bond donors (Lipinski definition) is 1. The molecule has 116 valence electrons. The molecule has 1 aromatic rings. The Morgan fingerprint density at radius 1 is 1.33 bits per heavy atom. The SMILES string of the molecule is COc1cc(C)ccc1C(C)NCC1CCN(C2CC2)C1. The third kappa shape index (κ3) is 3.58. The zero-order valence-corrected chi connectivity index (χ0v) is 13.6. The lowest BCUT2D eigenvalue weighted by Crippen LogP contribution is -2.29. The maximum Gasteiger partial charge on any atom is 0.123 e. The standard InChI is InChI=1S/C18H28N2O/c1-13-4-7-17(18(10-13)21-3)14(2)19-11-15-8-9-20(12-15)16-5-6-16/h4,7,10,14-16,19H,5-6,8-9,11-12H2,1-3H3. The lowest BCUT2D eigenvalue weighted by molar-refractivity contribution is 0.309. The number of aryl methyl sites for hydroxylation is 1. The van der Waals surface area contributed by atoms with Crippen LogP contribution in [0.4, 0.5) is 0 Å². The highest BCUT2D eigenvalue weighted by Gasteiger charge is 2.34. The summed E-state index contributed by atoms with van der Waals surface area (Å²) in [5.41, 5.74) is 2.51. The summed E-state index contributed by atoms with van der Waals surface area (Å²) in [7, 11) is 1.76. The Labute approximate surface area is 128 Å². The molecule has 1 aliphatic carbocycles. The zero-order chi connectivity index (χ0) is 14.8. The van der Waals surface area contributed by atoms with Crippen molar-refractivity contribution in [1.82, 2.24) is 10.2 Å². The highest BCUT2D eigenvalue weighted by Crippen LogP contribution is 2.32. The maximum absolute atomic E-state index is 5.53. The molecule has 1 aliphatic heterocycles. The zero-order valence-electron chi connectivity index (χ0n) is 13.6. The van der Waals surface area contributed by atoms with Crippen LogP contribution < -0.4 is 10.1 Å². The number of nitrogens with zero attached hydrogens (tertiary/aromatic N) is 1. The van der Waals surface area contributed by atoms with Gasteiger partial charge in [0.15, 0.2) is 0 Å². The molecule has 1 aromatic carbocycles.